The molecule has 2 saturated heterocycles. The van der Waals surface area contributed by atoms with Gasteiger partial charge in [0.25, 0.3) is 0 Å². The quantitative estimate of drug-likeness (QED) is 0.564. The van der Waals surface area contributed by atoms with Crippen LogP contribution >= 0.6 is 0 Å². The Bertz CT molecular complexity index is 966. The standard InChI is InChI=1S/C27H38FN3O3/c1-4-34-25(33)31-23-8-5-18-13-20(15-27(18,23)31)29-11-9-26(10-12-29)16-30(24(32)17(2)3)22-7-6-19(28)14-21(22)26/h14,17-18,20,23H,4-13,15-16H2,1-3H3/t18?,20?,23?,27-,31?/m1/s1. The number of likely N-dealkylation sites (tertiary alicyclic amines) is 2. The lowest BCUT2D eigenvalue weighted by molar-refractivity contribution is -0.133. The fraction of sp³-hybridized carbons (Fsp3) is 0.778. The van der Waals surface area contributed by atoms with Crippen LogP contribution < -0.4 is 0 Å². The molecule has 7 heteroatoms. The molecular weight excluding hydrogens is 433 g/mol. The van der Waals surface area contributed by atoms with Gasteiger partial charge in [-0.1, -0.05) is 13.8 Å². The number of piperidine rings is 2. The Morgan fingerprint density at radius 1 is 1.21 bits per heavy atom. The van der Waals surface area contributed by atoms with E-state index in [0.29, 0.717) is 44.0 Å². The first kappa shape index (κ1) is 22.6. The Labute approximate surface area is 202 Å². The Balaban J connectivity index is 1.16. The van der Waals surface area contributed by atoms with Crippen molar-refractivity contribution in [3.05, 3.63) is 23.2 Å². The Morgan fingerprint density at radius 3 is 2.68 bits per heavy atom. The van der Waals surface area contributed by atoms with E-state index in [1.54, 1.807) is 6.08 Å². The average molecular weight is 472 g/mol. The summed E-state index contributed by atoms with van der Waals surface area (Å²) in [5.41, 5.74) is 2.11. The molecule has 6 aliphatic rings. The second-order valence-electron chi connectivity index (χ2n) is 11.8. The highest BCUT2D eigenvalue weighted by Gasteiger charge is 2.75. The van der Waals surface area contributed by atoms with Crippen LogP contribution in [0.3, 0.4) is 0 Å². The third-order valence-corrected chi connectivity index (χ3v) is 9.95. The monoisotopic (exact) mass is 471 g/mol. The number of hydrogen-bond acceptors (Lipinski definition) is 4. The molecule has 0 N–H and O–H groups in total. The number of amides is 2. The molecule has 3 heterocycles. The second kappa shape index (κ2) is 7.81. The largest absolute Gasteiger partial charge is 0.450 e. The number of nitrogens with zero attached hydrogens (tertiary/aromatic N) is 3. The van der Waals surface area contributed by atoms with Crippen molar-refractivity contribution >= 4 is 12.0 Å². The van der Waals surface area contributed by atoms with Gasteiger partial charge in [-0.25, -0.2) is 9.18 Å². The summed E-state index contributed by atoms with van der Waals surface area (Å²) in [4.78, 5) is 32.2. The zero-order chi connectivity index (χ0) is 23.8. The topological polar surface area (TPSA) is 52.9 Å². The molecule has 0 aromatic rings. The summed E-state index contributed by atoms with van der Waals surface area (Å²) in [5.74, 6) is 0.675. The normalized spacial score (nSPS) is 36.0. The van der Waals surface area contributed by atoms with Gasteiger partial charge in [-0.15, -0.1) is 0 Å². The first-order valence-corrected chi connectivity index (χ1v) is 13.4. The minimum atomic E-state index is -0.123. The number of carbonyl (C=O) groups is 2. The molecule has 2 amide bonds. The van der Waals surface area contributed by atoms with E-state index in [0.717, 1.165) is 50.0 Å². The van der Waals surface area contributed by atoms with E-state index in [-0.39, 0.29) is 34.7 Å². The molecule has 3 aliphatic carbocycles. The SMILES string of the molecule is CCOC(=O)N1C2CCC3CC(N4CCC5(CC4)CN(C(=O)C(C)C)C4=C5C=C(F)CC4)C[C@@]321. The highest BCUT2D eigenvalue weighted by Crippen LogP contribution is 2.65. The summed E-state index contributed by atoms with van der Waals surface area (Å²) < 4.78 is 19.7. The smallest absolute Gasteiger partial charge is 0.410 e. The number of halogens is 1. The van der Waals surface area contributed by atoms with E-state index >= 15 is 0 Å². The van der Waals surface area contributed by atoms with Crippen LogP contribution in [0.1, 0.15) is 72.1 Å². The van der Waals surface area contributed by atoms with E-state index in [4.69, 9.17) is 4.74 Å². The van der Waals surface area contributed by atoms with Crippen molar-refractivity contribution in [2.24, 2.45) is 17.3 Å². The third-order valence-electron chi connectivity index (χ3n) is 9.95. The molecule has 4 fully saturated rings. The van der Waals surface area contributed by atoms with Crippen molar-refractivity contribution in [1.82, 2.24) is 14.7 Å². The highest BCUT2D eigenvalue weighted by atomic mass is 19.1. The minimum Gasteiger partial charge on any atom is -0.450 e. The summed E-state index contributed by atoms with van der Waals surface area (Å²) in [7, 11) is 0. The maximum atomic E-state index is 14.4. The fourth-order valence-electron chi connectivity index (χ4n) is 8.32. The van der Waals surface area contributed by atoms with E-state index < -0.39 is 0 Å². The Kier molecular flexibility index (Phi) is 5.18. The molecule has 0 aromatic carbocycles. The van der Waals surface area contributed by atoms with Gasteiger partial charge < -0.3 is 14.5 Å². The fourth-order valence-corrected chi connectivity index (χ4v) is 8.32. The van der Waals surface area contributed by atoms with Gasteiger partial charge in [-0.3, -0.25) is 9.69 Å². The van der Waals surface area contributed by atoms with Crippen LogP contribution in [0.4, 0.5) is 9.18 Å². The second-order valence-corrected chi connectivity index (χ2v) is 11.8. The van der Waals surface area contributed by atoms with Crippen molar-refractivity contribution in [3.8, 4) is 0 Å². The maximum absolute atomic E-state index is 14.4. The van der Waals surface area contributed by atoms with Crippen LogP contribution in [0.2, 0.25) is 0 Å². The highest BCUT2D eigenvalue weighted by molar-refractivity contribution is 5.81. The molecule has 0 aromatic heterocycles. The van der Waals surface area contributed by atoms with E-state index in [1.165, 1.54) is 12.8 Å². The summed E-state index contributed by atoms with van der Waals surface area (Å²) in [6, 6.07) is 0.887. The zero-order valence-electron chi connectivity index (χ0n) is 20.8. The molecule has 2 saturated carbocycles. The summed E-state index contributed by atoms with van der Waals surface area (Å²) in [6.45, 7) is 8.89. The molecule has 34 heavy (non-hydrogen) atoms. The van der Waals surface area contributed by atoms with E-state index in [9.17, 15) is 14.0 Å². The first-order valence-electron chi connectivity index (χ1n) is 13.4. The molecule has 6 rings (SSSR count). The lowest BCUT2D eigenvalue weighted by atomic mass is 9.72. The van der Waals surface area contributed by atoms with Crippen molar-refractivity contribution in [2.75, 3.05) is 26.2 Å². The van der Waals surface area contributed by atoms with Gasteiger partial charge in [0.15, 0.2) is 0 Å². The van der Waals surface area contributed by atoms with Gasteiger partial charge in [-0.2, -0.15) is 0 Å². The van der Waals surface area contributed by atoms with E-state index in [2.05, 4.69) is 9.80 Å². The molecule has 3 aliphatic heterocycles. The number of carbonyl (C=O) groups excluding carboxylic acids is 2. The van der Waals surface area contributed by atoms with Crippen LogP contribution in [0.15, 0.2) is 23.2 Å². The number of rotatable bonds is 3. The zero-order valence-corrected chi connectivity index (χ0v) is 20.8. The van der Waals surface area contributed by atoms with E-state index in [1.807, 2.05) is 25.7 Å². The minimum absolute atomic E-state index is 0.0408. The molecule has 3 unspecified atom stereocenters. The molecule has 6 nitrogen and oxygen atoms in total. The van der Waals surface area contributed by atoms with Gasteiger partial charge in [0.2, 0.25) is 5.91 Å². The van der Waals surface area contributed by atoms with Crippen LogP contribution in [0.25, 0.3) is 0 Å². The van der Waals surface area contributed by atoms with Gasteiger partial charge in [0.05, 0.1) is 18.2 Å². The van der Waals surface area contributed by atoms with Crippen molar-refractivity contribution in [1.29, 1.82) is 0 Å². The third kappa shape index (κ3) is 3.07. The lowest BCUT2D eigenvalue weighted by Crippen LogP contribution is -2.47. The molecular formula is C27H38FN3O3. The molecule has 0 bridgehead atoms. The molecule has 2 spiro atoms. The van der Waals surface area contributed by atoms with Crippen LogP contribution in [0.5, 0.6) is 0 Å². The van der Waals surface area contributed by atoms with Crippen molar-refractivity contribution in [3.63, 3.8) is 0 Å². The number of hydrogen-bond donors (Lipinski definition) is 0. The summed E-state index contributed by atoms with van der Waals surface area (Å²) >= 11 is 0. The predicted molar refractivity (Wildman–Crippen MR) is 126 cm³/mol. The number of fused-ring (bicyclic) bond motifs is 1. The van der Waals surface area contributed by atoms with Gasteiger partial charge in [0, 0.05) is 36.0 Å². The number of ether oxygens (including phenoxy) is 1. The van der Waals surface area contributed by atoms with Gasteiger partial charge in [-0.05, 0) is 82.5 Å². The van der Waals surface area contributed by atoms with Crippen molar-refractivity contribution in [2.45, 2.75) is 89.8 Å². The van der Waals surface area contributed by atoms with Crippen LogP contribution in [-0.2, 0) is 9.53 Å². The predicted octanol–water partition coefficient (Wildman–Crippen LogP) is 4.62. The molecule has 0 radical (unpaired) electrons. The van der Waals surface area contributed by atoms with Gasteiger partial charge >= 0.3 is 6.09 Å². The number of allylic oxidation sites excluding steroid dienone is 3. The lowest BCUT2D eigenvalue weighted by Gasteiger charge is -2.43. The van der Waals surface area contributed by atoms with Crippen LogP contribution in [0, 0.1) is 17.3 Å². The van der Waals surface area contributed by atoms with Crippen LogP contribution in [-0.4, -0.2) is 70.6 Å². The maximum Gasteiger partial charge on any atom is 0.410 e. The summed E-state index contributed by atoms with van der Waals surface area (Å²) in [5, 5.41) is 0. The van der Waals surface area contributed by atoms with Crippen molar-refractivity contribution < 1.29 is 18.7 Å². The molecule has 4 atom stereocenters. The molecule has 186 valence electrons. The average Bonchev–Trinajstić information content (AvgIpc) is 3.06. The first-order chi connectivity index (χ1) is 16.3. The summed E-state index contributed by atoms with van der Waals surface area (Å²) in [6.07, 6.45) is 9.19. The van der Waals surface area contributed by atoms with Gasteiger partial charge in [0.1, 0.15) is 5.83 Å². The Morgan fingerprint density at radius 2 is 1.97 bits per heavy atom. The Hall–Kier alpha value is -1.89.